The van der Waals surface area contributed by atoms with Gasteiger partial charge in [-0.15, -0.1) is 0 Å². The molecule has 2 aliphatic carbocycles. The van der Waals surface area contributed by atoms with Crippen LogP contribution in [-0.4, -0.2) is 5.78 Å². The summed E-state index contributed by atoms with van der Waals surface area (Å²) in [5.41, 5.74) is 2.87. The Morgan fingerprint density at radius 2 is 2.00 bits per heavy atom. The second-order valence-electron chi connectivity index (χ2n) is 4.04. The summed E-state index contributed by atoms with van der Waals surface area (Å²) in [4.78, 5) is 11.0. The lowest BCUT2D eigenvalue weighted by molar-refractivity contribution is -0.114. The zero-order chi connectivity index (χ0) is 10.7. The van der Waals surface area contributed by atoms with Gasteiger partial charge in [0.2, 0.25) is 0 Å². The largest absolute Gasteiger partial charge is 0.361 e. The van der Waals surface area contributed by atoms with Gasteiger partial charge in [-0.25, -0.2) is 0 Å². The van der Waals surface area contributed by atoms with E-state index in [0.29, 0.717) is 6.42 Å². The molecular weight excluding hydrogens is 188 g/mol. The molecule has 78 valence electrons. The number of hydrogen-bond donors (Lipinski definition) is 1. The van der Waals surface area contributed by atoms with Crippen molar-refractivity contribution in [2.45, 2.75) is 38.5 Å². The molecule has 0 aromatic rings. The van der Waals surface area contributed by atoms with E-state index in [4.69, 9.17) is 5.26 Å². The van der Waals surface area contributed by atoms with E-state index < -0.39 is 0 Å². The van der Waals surface area contributed by atoms with Gasteiger partial charge in [-0.1, -0.05) is 0 Å². The molecule has 0 radical (unpaired) electrons. The highest BCUT2D eigenvalue weighted by Gasteiger charge is 2.16. The lowest BCUT2D eigenvalue weighted by Gasteiger charge is -2.18. The Labute approximate surface area is 89.5 Å². The van der Waals surface area contributed by atoms with Gasteiger partial charge in [0.1, 0.15) is 0 Å². The average Bonchev–Trinajstić information content (AvgIpc) is 2.65. The third-order valence-electron chi connectivity index (χ3n) is 2.89. The molecule has 3 heteroatoms. The average molecular weight is 202 g/mol. The van der Waals surface area contributed by atoms with Crippen molar-refractivity contribution in [3.05, 3.63) is 23.0 Å². The highest BCUT2D eigenvalue weighted by Crippen LogP contribution is 2.24. The number of rotatable bonds is 2. The first-order valence-corrected chi connectivity index (χ1v) is 5.42. The number of carbonyl (C=O) groups excluding carboxylic acids is 1. The number of nitrogens with zero attached hydrogens (tertiary/aromatic N) is 1. The van der Waals surface area contributed by atoms with Gasteiger partial charge in [0, 0.05) is 29.5 Å². The van der Waals surface area contributed by atoms with Crippen molar-refractivity contribution in [3.63, 3.8) is 0 Å². The van der Waals surface area contributed by atoms with Crippen molar-refractivity contribution >= 4 is 5.78 Å². The standard InChI is InChI=1S/C12H14N2O/c13-8-9-3-1-2-4-12(9)14-10-5-6-11(15)7-10/h7,14H,1-6H2. The number of allylic oxidation sites excluding steroid dienone is 4. The van der Waals surface area contributed by atoms with Gasteiger partial charge in [-0.05, 0) is 32.1 Å². The first-order chi connectivity index (χ1) is 7.29. The van der Waals surface area contributed by atoms with Gasteiger partial charge < -0.3 is 5.32 Å². The van der Waals surface area contributed by atoms with Gasteiger partial charge in [0.05, 0.1) is 6.07 Å². The van der Waals surface area contributed by atoms with Crippen molar-refractivity contribution in [2.75, 3.05) is 0 Å². The third kappa shape index (κ3) is 2.27. The van der Waals surface area contributed by atoms with Gasteiger partial charge in [-0.2, -0.15) is 5.26 Å². The molecule has 0 fully saturated rings. The summed E-state index contributed by atoms with van der Waals surface area (Å²) in [6.45, 7) is 0. The van der Waals surface area contributed by atoms with Crippen LogP contribution in [-0.2, 0) is 4.79 Å². The first-order valence-electron chi connectivity index (χ1n) is 5.42. The van der Waals surface area contributed by atoms with Gasteiger partial charge >= 0.3 is 0 Å². The molecule has 15 heavy (non-hydrogen) atoms. The van der Waals surface area contributed by atoms with Crippen LogP contribution in [0.15, 0.2) is 23.0 Å². The van der Waals surface area contributed by atoms with Crippen molar-refractivity contribution in [3.8, 4) is 6.07 Å². The molecular formula is C12H14N2O. The Kier molecular flexibility index (Phi) is 2.86. The molecule has 0 aromatic heterocycles. The number of nitrogens with one attached hydrogen (secondary N) is 1. The van der Waals surface area contributed by atoms with E-state index in [-0.39, 0.29) is 5.78 Å². The molecule has 0 amide bonds. The molecule has 0 spiro atoms. The van der Waals surface area contributed by atoms with E-state index in [1.54, 1.807) is 6.08 Å². The highest BCUT2D eigenvalue weighted by molar-refractivity contribution is 5.92. The van der Waals surface area contributed by atoms with Crippen LogP contribution in [0.1, 0.15) is 38.5 Å². The Morgan fingerprint density at radius 3 is 2.67 bits per heavy atom. The molecule has 0 aliphatic heterocycles. The maximum Gasteiger partial charge on any atom is 0.157 e. The number of hydrogen-bond acceptors (Lipinski definition) is 3. The molecule has 0 saturated heterocycles. The lowest BCUT2D eigenvalue weighted by Crippen LogP contribution is -2.16. The predicted molar refractivity (Wildman–Crippen MR) is 56.6 cm³/mol. The van der Waals surface area contributed by atoms with Crippen LogP contribution in [0.3, 0.4) is 0 Å². The monoisotopic (exact) mass is 202 g/mol. The maximum absolute atomic E-state index is 11.0. The second kappa shape index (κ2) is 4.31. The van der Waals surface area contributed by atoms with Crippen LogP contribution in [0, 0.1) is 11.3 Å². The Balaban J connectivity index is 2.10. The first kappa shape index (κ1) is 9.97. The molecule has 2 rings (SSSR count). The Bertz CT molecular complexity index is 385. The molecule has 0 saturated carbocycles. The minimum absolute atomic E-state index is 0.187. The molecule has 2 aliphatic rings. The molecule has 1 N–H and O–H groups in total. The van der Waals surface area contributed by atoms with Gasteiger partial charge in [-0.3, -0.25) is 4.79 Å². The highest BCUT2D eigenvalue weighted by atomic mass is 16.1. The fourth-order valence-electron chi connectivity index (χ4n) is 2.06. The molecule has 0 atom stereocenters. The summed E-state index contributed by atoms with van der Waals surface area (Å²) >= 11 is 0. The van der Waals surface area contributed by atoms with E-state index in [2.05, 4.69) is 11.4 Å². The van der Waals surface area contributed by atoms with Crippen LogP contribution in [0.4, 0.5) is 0 Å². The van der Waals surface area contributed by atoms with Crippen LogP contribution in [0.5, 0.6) is 0 Å². The van der Waals surface area contributed by atoms with E-state index in [9.17, 15) is 4.79 Å². The second-order valence-corrected chi connectivity index (χ2v) is 4.04. The van der Waals surface area contributed by atoms with Gasteiger partial charge in [0.15, 0.2) is 5.78 Å². The third-order valence-corrected chi connectivity index (χ3v) is 2.89. The molecule has 0 heterocycles. The summed E-state index contributed by atoms with van der Waals surface area (Å²) in [6.07, 6.45) is 7.12. The van der Waals surface area contributed by atoms with Crippen molar-refractivity contribution < 1.29 is 4.79 Å². The van der Waals surface area contributed by atoms with E-state index in [1.807, 2.05) is 0 Å². The van der Waals surface area contributed by atoms with E-state index in [0.717, 1.165) is 49.1 Å². The van der Waals surface area contributed by atoms with Crippen LogP contribution in [0.2, 0.25) is 0 Å². The molecule has 0 bridgehead atoms. The predicted octanol–water partition coefficient (Wildman–Crippen LogP) is 2.17. The van der Waals surface area contributed by atoms with Crippen LogP contribution in [0.25, 0.3) is 0 Å². The minimum atomic E-state index is 0.187. The Hall–Kier alpha value is -1.56. The number of carbonyl (C=O) groups is 1. The van der Waals surface area contributed by atoms with Crippen LogP contribution >= 0.6 is 0 Å². The molecule has 0 aromatic carbocycles. The van der Waals surface area contributed by atoms with Crippen molar-refractivity contribution in [2.24, 2.45) is 0 Å². The summed E-state index contributed by atoms with van der Waals surface area (Å²) in [6, 6.07) is 2.24. The summed E-state index contributed by atoms with van der Waals surface area (Å²) in [5.74, 6) is 0.187. The van der Waals surface area contributed by atoms with Crippen molar-refractivity contribution in [1.82, 2.24) is 5.32 Å². The smallest absolute Gasteiger partial charge is 0.157 e. The van der Waals surface area contributed by atoms with E-state index >= 15 is 0 Å². The number of ketones is 1. The van der Waals surface area contributed by atoms with Crippen molar-refractivity contribution in [1.29, 1.82) is 5.26 Å². The van der Waals surface area contributed by atoms with Gasteiger partial charge in [0.25, 0.3) is 0 Å². The topological polar surface area (TPSA) is 52.9 Å². The Morgan fingerprint density at radius 1 is 1.20 bits per heavy atom. The van der Waals surface area contributed by atoms with Crippen LogP contribution < -0.4 is 5.32 Å². The number of nitriles is 1. The quantitative estimate of drug-likeness (QED) is 0.746. The lowest BCUT2D eigenvalue weighted by atomic mass is 9.97. The summed E-state index contributed by atoms with van der Waals surface area (Å²) in [7, 11) is 0. The normalized spacial score (nSPS) is 21.3. The summed E-state index contributed by atoms with van der Waals surface area (Å²) < 4.78 is 0. The SMILES string of the molecule is N#CC1=C(NC2=CC(=O)CC2)CCCC1. The fourth-order valence-corrected chi connectivity index (χ4v) is 2.06. The summed E-state index contributed by atoms with van der Waals surface area (Å²) in [5, 5.41) is 12.2. The zero-order valence-electron chi connectivity index (χ0n) is 8.68. The fraction of sp³-hybridized carbons (Fsp3) is 0.500. The zero-order valence-corrected chi connectivity index (χ0v) is 8.68. The minimum Gasteiger partial charge on any atom is -0.361 e. The van der Waals surface area contributed by atoms with E-state index in [1.165, 1.54) is 0 Å². The maximum atomic E-state index is 11.0. The molecule has 3 nitrogen and oxygen atoms in total. The molecule has 0 unspecified atom stereocenters.